The van der Waals surface area contributed by atoms with Gasteiger partial charge in [-0.1, -0.05) is 11.8 Å². The highest BCUT2D eigenvalue weighted by molar-refractivity contribution is 7.99. The van der Waals surface area contributed by atoms with Crippen molar-refractivity contribution in [1.82, 2.24) is 14.7 Å². The molecule has 0 radical (unpaired) electrons. The van der Waals surface area contributed by atoms with Crippen LogP contribution in [0, 0.1) is 6.92 Å². The fraction of sp³-hybridized carbons (Fsp3) is 0.333. The lowest BCUT2D eigenvalue weighted by Crippen LogP contribution is -2.26. The van der Waals surface area contributed by atoms with Crippen LogP contribution in [0.2, 0.25) is 0 Å². The van der Waals surface area contributed by atoms with E-state index in [1.165, 1.54) is 0 Å². The number of rotatable bonds is 10. The first-order valence-corrected chi connectivity index (χ1v) is 13.6. The molecule has 0 spiro atoms. The Morgan fingerprint density at radius 1 is 1.18 bits per heavy atom. The van der Waals surface area contributed by atoms with E-state index in [4.69, 9.17) is 25.9 Å². The third-order valence-electron chi connectivity index (χ3n) is 4.49. The van der Waals surface area contributed by atoms with Crippen molar-refractivity contribution in [2.45, 2.75) is 24.1 Å². The van der Waals surface area contributed by atoms with Gasteiger partial charge in [-0.05, 0) is 38.1 Å². The Balaban J connectivity index is 1.78. The highest BCUT2D eigenvalue weighted by atomic mass is 32.2. The second-order valence-corrected chi connectivity index (χ2v) is 11.7. The number of nitrogens with one attached hydrogen (secondary N) is 1. The van der Waals surface area contributed by atoms with Gasteiger partial charge < -0.3 is 20.9 Å². The SMILES string of the molecule is COc1ccc(-c2nc([C@H](C)Sc3cc(N)cc(N)n3)c(C)s2)cc1OCCNS(C)(=O)=O. The van der Waals surface area contributed by atoms with E-state index < -0.39 is 10.0 Å². The van der Waals surface area contributed by atoms with Gasteiger partial charge in [-0.15, -0.1) is 11.3 Å². The van der Waals surface area contributed by atoms with Gasteiger partial charge >= 0.3 is 0 Å². The van der Waals surface area contributed by atoms with E-state index in [1.807, 2.05) is 25.1 Å². The van der Waals surface area contributed by atoms with Crippen molar-refractivity contribution in [3.63, 3.8) is 0 Å². The van der Waals surface area contributed by atoms with Crippen LogP contribution in [0.4, 0.5) is 11.5 Å². The number of pyridine rings is 1. The predicted molar refractivity (Wildman–Crippen MR) is 135 cm³/mol. The number of aryl methyl sites for hydroxylation is 1. The van der Waals surface area contributed by atoms with Crippen molar-refractivity contribution >= 4 is 44.6 Å². The number of nitrogens with zero attached hydrogens (tertiary/aromatic N) is 2. The van der Waals surface area contributed by atoms with E-state index in [-0.39, 0.29) is 18.4 Å². The summed E-state index contributed by atoms with van der Waals surface area (Å²) < 4.78 is 36.0. The zero-order chi connectivity index (χ0) is 24.2. The van der Waals surface area contributed by atoms with Crippen molar-refractivity contribution < 1.29 is 17.9 Å². The largest absolute Gasteiger partial charge is 0.493 e. The first kappa shape index (κ1) is 25.1. The highest BCUT2D eigenvalue weighted by Crippen LogP contribution is 2.41. The summed E-state index contributed by atoms with van der Waals surface area (Å²) in [5.41, 5.74) is 14.1. The molecule has 0 bridgehead atoms. The second-order valence-electron chi connectivity index (χ2n) is 7.26. The number of hydrogen-bond donors (Lipinski definition) is 3. The van der Waals surface area contributed by atoms with Crippen LogP contribution >= 0.6 is 23.1 Å². The number of thiazole rings is 1. The number of nitrogens with two attached hydrogens (primary N) is 2. The Labute approximate surface area is 202 Å². The smallest absolute Gasteiger partial charge is 0.208 e. The minimum atomic E-state index is -3.27. The number of ether oxygens (including phenoxy) is 2. The van der Waals surface area contributed by atoms with E-state index in [0.717, 1.165) is 32.4 Å². The minimum absolute atomic E-state index is 0.0414. The zero-order valence-electron chi connectivity index (χ0n) is 18.8. The van der Waals surface area contributed by atoms with Crippen molar-refractivity contribution in [3.05, 3.63) is 40.9 Å². The molecular weight excluding hydrogens is 482 g/mol. The Hall–Kier alpha value is -2.54. The summed E-state index contributed by atoms with van der Waals surface area (Å²) in [6.07, 6.45) is 1.10. The van der Waals surface area contributed by atoms with Gasteiger partial charge in [-0.3, -0.25) is 0 Å². The average molecular weight is 510 g/mol. The Morgan fingerprint density at radius 3 is 2.61 bits per heavy atom. The van der Waals surface area contributed by atoms with Gasteiger partial charge in [0, 0.05) is 28.7 Å². The van der Waals surface area contributed by atoms with Gasteiger partial charge in [-0.25, -0.2) is 23.1 Å². The van der Waals surface area contributed by atoms with Crippen molar-refractivity contribution in [2.75, 3.05) is 38.0 Å². The van der Waals surface area contributed by atoms with Gasteiger partial charge in [0.25, 0.3) is 0 Å². The standard InChI is InChI=1S/C21H27N5O4S3/c1-12(31-19-11-15(22)10-18(23)25-19)20-13(2)32-21(26-20)14-5-6-16(29-3)17(9-14)30-8-7-24-33(4,27)28/h5-6,9-12,24H,7-8H2,1-4H3,(H4,22,23,25)/t12-/m0/s1. The quantitative estimate of drug-likeness (QED) is 0.276. The minimum Gasteiger partial charge on any atom is -0.493 e. The molecule has 0 unspecified atom stereocenters. The molecule has 0 aliphatic carbocycles. The number of aromatic nitrogens is 2. The molecule has 5 N–H and O–H groups in total. The van der Waals surface area contributed by atoms with Gasteiger partial charge in [0.15, 0.2) is 11.5 Å². The maximum atomic E-state index is 11.2. The monoisotopic (exact) mass is 509 g/mol. The molecule has 0 fully saturated rings. The molecule has 2 heterocycles. The maximum Gasteiger partial charge on any atom is 0.208 e. The number of sulfonamides is 1. The Bertz CT molecular complexity index is 1210. The van der Waals surface area contributed by atoms with Crippen LogP contribution in [-0.2, 0) is 10.0 Å². The van der Waals surface area contributed by atoms with Gasteiger partial charge in [-0.2, -0.15) is 0 Å². The predicted octanol–water partition coefficient (Wildman–Crippen LogP) is 3.47. The van der Waals surface area contributed by atoms with Crippen LogP contribution < -0.4 is 25.7 Å². The summed E-state index contributed by atoms with van der Waals surface area (Å²) >= 11 is 3.13. The molecule has 0 saturated carbocycles. The van der Waals surface area contributed by atoms with Crippen LogP contribution in [0.15, 0.2) is 35.4 Å². The Kier molecular flexibility index (Phi) is 8.05. The van der Waals surface area contributed by atoms with Crippen molar-refractivity contribution in [1.29, 1.82) is 0 Å². The molecule has 178 valence electrons. The number of thioether (sulfide) groups is 1. The lowest BCUT2D eigenvalue weighted by Gasteiger charge is -2.12. The third-order valence-corrected chi connectivity index (χ3v) is 7.29. The summed E-state index contributed by atoms with van der Waals surface area (Å²) in [5.74, 6) is 1.46. The molecule has 3 aromatic rings. The molecule has 12 heteroatoms. The fourth-order valence-electron chi connectivity index (χ4n) is 3.06. The molecule has 2 aromatic heterocycles. The first-order chi connectivity index (χ1) is 15.6. The topological polar surface area (TPSA) is 142 Å². The summed E-state index contributed by atoms with van der Waals surface area (Å²) in [5, 5.41) is 1.63. The summed E-state index contributed by atoms with van der Waals surface area (Å²) in [6.45, 7) is 4.42. The molecule has 9 nitrogen and oxygen atoms in total. The second kappa shape index (κ2) is 10.6. The van der Waals surface area contributed by atoms with Gasteiger partial charge in [0.2, 0.25) is 10.0 Å². The van der Waals surface area contributed by atoms with Crippen molar-refractivity contribution in [2.24, 2.45) is 0 Å². The van der Waals surface area contributed by atoms with E-state index in [9.17, 15) is 8.42 Å². The lowest BCUT2D eigenvalue weighted by atomic mass is 10.2. The molecule has 0 aliphatic heterocycles. The third kappa shape index (κ3) is 6.97. The fourth-order valence-corrected chi connectivity index (χ4v) is 5.66. The summed E-state index contributed by atoms with van der Waals surface area (Å²) in [4.78, 5) is 10.3. The Morgan fingerprint density at radius 2 is 1.94 bits per heavy atom. The molecule has 0 amide bonds. The van der Waals surface area contributed by atoms with Crippen molar-refractivity contribution in [3.8, 4) is 22.1 Å². The molecule has 33 heavy (non-hydrogen) atoms. The normalized spacial score (nSPS) is 12.5. The maximum absolute atomic E-state index is 11.2. The van der Waals surface area contributed by atoms with E-state index in [2.05, 4.69) is 16.6 Å². The van der Waals surface area contributed by atoms with Crippen LogP contribution in [0.1, 0.15) is 22.7 Å². The van der Waals surface area contributed by atoms with Crippen LogP contribution in [0.5, 0.6) is 11.5 Å². The summed E-state index contributed by atoms with van der Waals surface area (Å²) in [7, 11) is -1.72. The lowest BCUT2D eigenvalue weighted by molar-refractivity contribution is 0.299. The number of methoxy groups -OCH3 is 1. The highest BCUT2D eigenvalue weighted by Gasteiger charge is 2.19. The summed E-state index contributed by atoms with van der Waals surface area (Å²) in [6, 6.07) is 9.00. The molecule has 1 aromatic carbocycles. The average Bonchev–Trinajstić information content (AvgIpc) is 3.11. The molecule has 0 saturated heterocycles. The zero-order valence-corrected chi connectivity index (χ0v) is 21.2. The molecule has 1 atom stereocenters. The van der Waals surface area contributed by atoms with E-state index >= 15 is 0 Å². The van der Waals surface area contributed by atoms with Crippen LogP contribution in [-0.4, -0.2) is 44.9 Å². The van der Waals surface area contributed by atoms with Gasteiger partial charge in [0.05, 0.1) is 24.3 Å². The number of benzene rings is 1. The number of hydrogen-bond acceptors (Lipinski definition) is 10. The molecule has 3 rings (SSSR count). The van der Waals surface area contributed by atoms with E-state index in [0.29, 0.717) is 23.0 Å². The van der Waals surface area contributed by atoms with Gasteiger partial charge in [0.1, 0.15) is 22.5 Å². The number of nitrogen functional groups attached to an aromatic ring is 2. The first-order valence-electron chi connectivity index (χ1n) is 9.98. The van der Waals surface area contributed by atoms with Crippen LogP contribution in [0.3, 0.4) is 0 Å². The molecule has 0 aliphatic rings. The van der Waals surface area contributed by atoms with E-state index in [1.54, 1.807) is 42.3 Å². The number of anilines is 2. The molecular formula is C21H27N5O4S3. The van der Waals surface area contributed by atoms with Crippen LogP contribution in [0.25, 0.3) is 10.6 Å².